The molecule has 112 valence electrons. The minimum atomic E-state index is -0.143. The highest BCUT2D eigenvalue weighted by atomic mass is 16.5. The zero-order valence-corrected chi connectivity index (χ0v) is 12.1. The monoisotopic (exact) mass is 288 g/mol. The minimum Gasteiger partial charge on any atom is -0.338 e. The number of carbonyl (C=O) groups is 1. The smallest absolute Gasteiger partial charge is 0.240 e. The molecule has 2 rings (SSSR count). The Labute approximate surface area is 123 Å². The van der Waals surface area contributed by atoms with Crippen LogP contribution >= 0.6 is 0 Å². The maximum Gasteiger partial charge on any atom is 0.240 e. The fourth-order valence-corrected chi connectivity index (χ4v) is 2.04. The third-order valence-electron chi connectivity index (χ3n) is 2.95. The van der Waals surface area contributed by atoms with E-state index in [1.807, 2.05) is 35.2 Å². The van der Waals surface area contributed by atoms with Gasteiger partial charge in [-0.25, -0.2) is 0 Å². The maximum absolute atomic E-state index is 12.0. The highest BCUT2D eigenvalue weighted by Gasteiger charge is 2.12. The average molecular weight is 288 g/mol. The molecule has 1 amide bonds. The summed E-state index contributed by atoms with van der Waals surface area (Å²) in [6.45, 7) is 3.89. The molecule has 0 unspecified atom stereocenters. The van der Waals surface area contributed by atoms with Crippen LogP contribution in [0.5, 0.6) is 0 Å². The number of nitrogens with two attached hydrogens (primary N) is 1. The van der Waals surface area contributed by atoms with E-state index in [9.17, 15) is 4.79 Å². The molecule has 0 saturated carbocycles. The van der Waals surface area contributed by atoms with E-state index in [4.69, 9.17) is 10.3 Å². The molecule has 2 aromatic rings. The third kappa shape index (κ3) is 5.02. The summed E-state index contributed by atoms with van der Waals surface area (Å²) in [5, 5.41) is 6.42. The van der Waals surface area contributed by atoms with Crippen molar-refractivity contribution in [3.05, 3.63) is 47.7 Å². The summed E-state index contributed by atoms with van der Waals surface area (Å²) in [5.41, 5.74) is 7.49. The highest BCUT2D eigenvalue weighted by Crippen LogP contribution is 2.09. The van der Waals surface area contributed by atoms with E-state index in [2.05, 4.69) is 10.5 Å². The van der Waals surface area contributed by atoms with Crippen molar-refractivity contribution in [2.45, 2.75) is 13.5 Å². The van der Waals surface area contributed by atoms with Crippen molar-refractivity contribution >= 4 is 11.8 Å². The Kier molecular flexibility index (Phi) is 5.48. The molecule has 1 aromatic heterocycles. The highest BCUT2D eigenvalue weighted by molar-refractivity contribution is 5.90. The lowest BCUT2D eigenvalue weighted by molar-refractivity contribution is -0.117. The van der Waals surface area contributed by atoms with Gasteiger partial charge in [0, 0.05) is 25.7 Å². The van der Waals surface area contributed by atoms with E-state index in [0.29, 0.717) is 25.5 Å². The average Bonchev–Trinajstić information content (AvgIpc) is 2.85. The minimum absolute atomic E-state index is 0.143. The molecular weight excluding hydrogens is 268 g/mol. The fraction of sp³-hybridized carbons (Fsp3) is 0.333. The van der Waals surface area contributed by atoms with Crippen LogP contribution in [0, 0.1) is 6.92 Å². The van der Waals surface area contributed by atoms with Crippen LogP contribution in [0.15, 0.2) is 40.9 Å². The van der Waals surface area contributed by atoms with E-state index in [-0.39, 0.29) is 12.5 Å². The topological polar surface area (TPSA) is 84.4 Å². The SMILES string of the molecule is Cc1cc(NC(=O)CN(CCN)Cc2ccccc2)on1. The Morgan fingerprint density at radius 3 is 2.76 bits per heavy atom. The number of hydrogen-bond acceptors (Lipinski definition) is 5. The van der Waals surface area contributed by atoms with E-state index in [0.717, 1.165) is 11.3 Å². The lowest BCUT2D eigenvalue weighted by Gasteiger charge is -2.20. The number of nitrogens with one attached hydrogen (secondary N) is 1. The predicted molar refractivity (Wildman–Crippen MR) is 80.6 cm³/mol. The molecule has 21 heavy (non-hydrogen) atoms. The normalized spacial score (nSPS) is 10.8. The van der Waals surface area contributed by atoms with Gasteiger partial charge in [0.25, 0.3) is 0 Å². The second kappa shape index (κ2) is 7.56. The van der Waals surface area contributed by atoms with Crippen molar-refractivity contribution in [2.24, 2.45) is 5.73 Å². The van der Waals surface area contributed by atoms with Crippen LogP contribution < -0.4 is 11.1 Å². The Morgan fingerprint density at radius 2 is 2.14 bits per heavy atom. The number of aryl methyl sites for hydroxylation is 1. The first-order chi connectivity index (χ1) is 10.2. The Bertz CT molecular complexity index is 568. The molecule has 3 N–H and O–H groups in total. The van der Waals surface area contributed by atoms with Gasteiger partial charge in [-0.05, 0) is 12.5 Å². The van der Waals surface area contributed by atoms with Crippen molar-refractivity contribution in [2.75, 3.05) is 25.0 Å². The summed E-state index contributed by atoms with van der Waals surface area (Å²) in [4.78, 5) is 14.0. The second-order valence-electron chi connectivity index (χ2n) is 4.87. The quantitative estimate of drug-likeness (QED) is 0.804. The van der Waals surface area contributed by atoms with Gasteiger partial charge >= 0.3 is 0 Å². The summed E-state index contributed by atoms with van der Waals surface area (Å²) in [5.74, 6) is 0.223. The Morgan fingerprint density at radius 1 is 1.38 bits per heavy atom. The lowest BCUT2D eigenvalue weighted by atomic mass is 10.2. The number of anilines is 1. The molecule has 0 aliphatic carbocycles. The van der Waals surface area contributed by atoms with Crippen molar-refractivity contribution in [3.8, 4) is 0 Å². The maximum atomic E-state index is 12.0. The van der Waals surface area contributed by atoms with Gasteiger partial charge in [0.05, 0.1) is 12.2 Å². The van der Waals surface area contributed by atoms with Crippen molar-refractivity contribution in [3.63, 3.8) is 0 Å². The summed E-state index contributed by atoms with van der Waals surface area (Å²) < 4.78 is 4.97. The van der Waals surface area contributed by atoms with Crippen LogP contribution in [-0.2, 0) is 11.3 Å². The molecule has 0 aliphatic heterocycles. The third-order valence-corrected chi connectivity index (χ3v) is 2.95. The van der Waals surface area contributed by atoms with Gasteiger partial charge in [-0.2, -0.15) is 0 Å². The standard InChI is InChI=1S/C15H20N4O2/c1-12-9-15(21-18-12)17-14(20)11-19(8-7-16)10-13-5-3-2-4-6-13/h2-6,9H,7-8,10-11,16H2,1H3,(H,17,20). The number of rotatable bonds is 7. The molecule has 6 nitrogen and oxygen atoms in total. The van der Waals surface area contributed by atoms with E-state index in [1.54, 1.807) is 13.0 Å². The summed E-state index contributed by atoms with van der Waals surface area (Å²) >= 11 is 0. The first-order valence-electron chi connectivity index (χ1n) is 6.87. The molecule has 0 bridgehead atoms. The molecule has 6 heteroatoms. The molecule has 0 spiro atoms. The molecule has 0 radical (unpaired) electrons. The van der Waals surface area contributed by atoms with Crippen LogP contribution in [-0.4, -0.2) is 35.6 Å². The van der Waals surface area contributed by atoms with E-state index in [1.165, 1.54) is 0 Å². The van der Waals surface area contributed by atoms with Crippen LogP contribution in [0.2, 0.25) is 0 Å². The van der Waals surface area contributed by atoms with Crippen LogP contribution in [0.1, 0.15) is 11.3 Å². The van der Waals surface area contributed by atoms with Gasteiger partial charge in [0.15, 0.2) is 0 Å². The number of amides is 1. The number of benzene rings is 1. The first-order valence-corrected chi connectivity index (χ1v) is 6.87. The molecule has 0 aliphatic rings. The van der Waals surface area contributed by atoms with Crippen LogP contribution in [0.25, 0.3) is 0 Å². The van der Waals surface area contributed by atoms with E-state index >= 15 is 0 Å². The number of aromatic nitrogens is 1. The zero-order valence-electron chi connectivity index (χ0n) is 12.1. The van der Waals surface area contributed by atoms with Crippen molar-refractivity contribution in [1.82, 2.24) is 10.1 Å². The van der Waals surface area contributed by atoms with Gasteiger partial charge in [-0.3, -0.25) is 15.0 Å². The van der Waals surface area contributed by atoms with Gasteiger partial charge in [-0.1, -0.05) is 35.5 Å². The van der Waals surface area contributed by atoms with Crippen molar-refractivity contribution in [1.29, 1.82) is 0 Å². The van der Waals surface area contributed by atoms with Gasteiger partial charge < -0.3 is 10.3 Å². The molecule has 0 fully saturated rings. The van der Waals surface area contributed by atoms with Gasteiger partial charge in [0.1, 0.15) is 0 Å². The molecule has 0 atom stereocenters. The second-order valence-corrected chi connectivity index (χ2v) is 4.87. The Hall–Kier alpha value is -2.18. The van der Waals surface area contributed by atoms with Gasteiger partial charge in [-0.15, -0.1) is 0 Å². The van der Waals surface area contributed by atoms with E-state index < -0.39 is 0 Å². The Balaban J connectivity index is 1.91. The van der Waals surface area contributed by atoms with Crippen molar-refractivity contribution < 1.29 is 9.32 Å². The molecular formula is C15H20N4O2. The van der Waals surface area contributed by atoms with Gasteiger partial charge in [0.2, 0.25) is 11.8 Å². The predicted octanol–water partition coefficient (Wildman–Crippen LogP) is 1.38. The summed E-state index contributed by atoms with van der Waals surface area (Å²) in [6.07, 6.45) is 0. The molecule has 0 saturated heterocycles. The zero-order chi connectivity index (χ0) is 15.1. The number of hydrogen-bond donors (Lipinski definition) is 2. The number of carbonyl (C=O) groups excluding carboxylic acids is 1. The molecule has 1 aromatic carbocycles. The summed E-state index contributed by atoms with van der Waals surface area (Å²) in [6, 6.07) is 11.7. The first kappa shape index (κ1) is 15.2. The fourth-order valence-electron chi connectivity index (χ4n) is 2.04. The van der Waals surface area contributed by atoms with Crippen LogP contribution in [0.3, 0.4) is 0 Å². The lowest BCUT2D eigenvalue weighted by Crippen LogP contribution is -2.36. The molecule has 1 heterocycles. The largest absolute Gasteiger partial charge is 0.338 e. The van der Waals surface area contributed by atoms with Crippen LogP contribution in [0.4, 0.5) is 5.88 Å². The number of nitrogens with zero attached hydrogens (tertiary/aromatic N) is 2. The summed E-state index contributed by atoms with van der Waals surface area (Å²) in [7, 11) is 0.